The van der Waals surface area contributed by atoms with Crippen LogP contribution in [0.3, 0.4) is 0 Å². The lowest BCUT2D eigenvalue weighted by atomic mass is 10.1. The smallest absolute Gasteiger partial charge is 0.261 e. The third kappa shape index (κ3) is 4.09. The Kier molecular flexibility index (Phi) is 5.83. The minimum absolute atomic E-state index is 0.0484. The highest BCUT2D eigenvalue weighted by atomic mass is 32.2. The van der Waals surface area contributed by atoms with E-state index in [0.29, 0.717) is 34.3 Å². The van der Waals surface area contributed by atoms with Crippen LogP contribution in [-0.4, -0.2) is 41.9 Å². The van der Waals surface area contributed by atoms with Gasteiger partial charge in [0.2, 0.25) is 5.91 Å². The summed E-state index contributed by atoms with van der Waals surface area (Å²) in [6, 6.07) is 3.87. The van der Waals surface area contributed by atoms with Crippen molar-refractivity contribution in [3.63, 3.8) is 0 Å². The van der Waals surface area contributed by atoms with Crippen LogP contribution in [-0.2, 0) is 18.3 Å². The van der Waals surface area contributed by atoms with Crippen molar-refractivity contribution in [1.29, 1.82) is 0 Å². The molecule has 28 heavy (non-hydrogen) atoms. The van der Waals surface area contributed by atoms with Gasteiger partial charge in [-0.25, -0.2) is 4.98 Å². The summed E-state index contributed by atoms with van der Waals surface area (Å²) in [5.41, 5.74) is 2.80. The molecule has 3 aromatic heterocycles. The molecule has 0 saturated heterocycles. The number of nitrogens with one attached hydrogen (secondary N) is 1. The van der Waals surface area contributed by atoms with Crippen molar-refractivity contribution in [3.05, 3.63) is 51.3 Å². The van der Waals surface area contributed by atoms with Crippen LogP contribution < -0.4 is 10.9 Å². The summed E-state index contributed by atoms with van der Waals surface area (Å²) in [7, 11) is 1.84. The molecule has 9 heteroatoms. The fraction of sp³-hybridized carbons (Fsp3) is 0.421. The Hall–Kier alpha value is -2.68. The molecular formula is C19H24N6O2S. The number of nitrogens with zero attached hydrogens (tertiary/aromatic N) is 5. The molecule has 0 fully saturated rings. The maximum absolute atomic E-state index is 12.9. The average Bonchev–Trinajstić information content (AvgIpc) is 2.97. The van der Waals surface area contributed by atoms with E-state index in [1.807, 2.05) is 51.4 Å². The predicted molar refractivity (Wildman–Crippen MR) is 109 cm³/mol. The van der Waals surface area contributed by atoms with E-state index in [4.69, 9.17) is 0 Å². The van der Waals surface area contributed by atoms with Gasteiger partial charge in [-0.1, -0.05) is 17.8 Å². The Labute approximate surface area is 167 Å². The fourth-order valence-corrected chi connectivity index (χ4v) is 3.66. The van der Waals surface area contributed by atoms with Crippen LogP contribution in [0.25, 0.3) is 5.65 Å². The Morgan fingerprint density at radius 3 is 2.75 bits per heavy atom. The Morgan fingerprint density at radius 2 is 2.04 bits per heavy atom. The van der Waals surface area contributed by atoms with Crippen LogP contribution in [0.2, 0.25) is 0 Å². The summed E-state index contributed by atoms with van der Waals surface area (Å²) >= 11 is 1.32. The lowest BCUT2D eigenvalue weighted by Crippen LogP contribution is -2.31. The summed E-state index contributed by atoms with van der Waals surface area (Å²) in [5, 5.41) is 11.9. The lowest BCUT2D eigenvalue weighted by molar-refractivity contribution is -0.119. The average molecular weight is 401 g/mol. The molecule has 3 aromatic rings. The zero-order valence-corrected chi connectivity index (χ0v) is 17.5. The zero-order chi connectivity index (χ0) is 20.4. The summed E-state index contributed by atoms with van der Waals surface area (Å²) < 4.78 is 3.39. The largest absolute Gasteiger partial charge is 0.353 e. The van der Waals surface area contributed by atoms with Crippen molar-refractivity contribution in [1.82, 2.24) is 29.5 Å². The van der Waals surface area contributed by atoms with Gasteiger partial charge in [-0.3, -0.25) is 14.0 Å². The zero-order valence-electron chi connectivity index (χ0n) is 16.7. The van der Waals surface area contributed by atoms with Gasteiger partial charge in [-0.2, -0.15) is 0 Å². The number of fused-ring (bicyclic) bond motifs is 1. The molecule has 0 aliphatic heterocycles. The maximum atomic E-state index is 12.9. The molecule has 0 spiro atoms. The molecule has 148 valence electrons. The number of aromatic nitrogens is 5. The second-order valence-corrected chi connectivity index (χ2v) is 7.95. The van der Waals surface area contributed by atoms with Crippen molar-refractivity contribution in [2.45, 2.75) is 45.3 Å². The summed E-state index contributed by atoms with van der Waals surface area (Å²) in [4.78, 5) is 29.4. The number of thioether (sulfide) groups is 1. The van der Waals surface area contributed by atoms with E-state index < -0.39 is 0 Å². The molecule has 0 saturated carbocycles. The monoisotopic (exact) mass is 400 g/mol. The molecule has 3 heterocycles. The van der Waals surface area contributed by atoms with Crippen molar-refractivity contribution in [2.24, 2.45) is 7.05 Å². The second-order valence-electron chi connectivity index (χ2n) is 7.01. The Balaban J connectivity index is 1.84. The van der Waals surface area contributed by atoms with Gasteiger partial charge < -0.3 is 9.88 Å². The molecule has 0 atom stereocenters. The number of rotatable bonds is 6. The normalized spacial score (nSPS) is 11.4. The van der Waals surface area contributed by atoms with Gasteiger partial charge in [0.05, 0.1) is 5.75 Å². The number of pyridine rings is 1. The number of aryl methyl sites for hydroxylation is 2. The minimum Gasteiger partial charge on any atom is -0.353 e. The molecule has 1 amide bonds. The number of amides is 1. The SMILES string of the molecule is Cc1nc2c(C)cccn2c(=O)c1Cc1nnc(SCC(=O)NC(C)C)n1C. The maximum Gasteiger partial charge on any atom is 0.261 e. The Bertz CT molecular complexity index is 1090. The quantitative estimate of drug-likeness (QED) is 0.632. The van der Waals surface area contributed by atoms with E-state index in [1.54, 1.807) is 10.6 Å². The van der Waals surface area contributed by atoms with Gasteiger partial charge in [0.1, 0.15) is 11.5 Å². The van der Waals surface area contributed by atoms with Crippen molar-refractivity contribution >= 4 is 23.3 Å². The standard InChI is InChI=1S/C19H24N6O2S/c1-11(2)20-16(26)10-28-19-23-22-15(24(19)5)9-14-13(4)21-17-12(3)7-6-8-25(17)18(14)27/h6-8,11H,9-10H2,1-5H3,(H,20,26). The highest BCUT2D eigenvalue weighted by molar-refractivity contribution is 7.99. The van der Waals surface area contributed by atoms with Gasteiger partial charge in [0.15, 0.2) is 5.16 Å². The first-order chi connectivity index (χ1) is 13.3. The number of carbonyl (C=O) groups excluding carboxylic acids is 1. The Morgan fingerprint density at radius 1 is 1.29 bits per heavy atom. The van der Waals surface area contributed by atoms with Crippen LogP contribution in [0, 0.1) is 13.8 Å². The van der Waals surface area contributed by atoms with E-state index in [1.165, 1.54) is 11.8 Å². The van der Waals surface area contributed by atoms with Crippen LogP contribution in [0.15, 0.2) is 28.3 Å². The van der Waals surface area contributed by atoms with Crippen LogP contribution in [0.5, 0.6) is 0 Å². The molecule has 1 N–H and O–H groups in total. The van der Waals surface area contributed by atoms with E-state index >= 15 is 0 Å². The van der Waals surface area contributed by atoms with Crippen molar-refractivity contribution in [3.8, 4) is 0 Å². The minimum atomic E-state index is -0.0975. The first kappa shape index (κ1) is 20.1. The van der Waals surface area contributed by atoms with E-state index in [0.717, 1.165) is 5.56 Å². The third-order valence-electron chi connectivity index (χ3n) is 4.39. The summed E-state index contributed by atoms with van der Waals surface area (Å²) in [6.45, 7) is 7.61. The third-order valence-corrected chi connectivity index (χ3v) is 5.41. The summed E-state index contributed by atoms with van der Waals surface area (Å²) in [5.74, 6) is 0.872. The van der Waals surface area contributed by atoms with Crippen LogP contribution in [0.4, 0.5) is 0 Å². The van der Waals surface area contributed by atoms with E-state index in [-0.39, 0.29) is 23.3 Å². The first-order valence-electron chi connectivity index (χ1n) is 9.05. The molecule has 0 bridgehead atoms. The highest BCUT2D eigenvalue weighted by Gasteiger charge is 2.17. The second kappa shape index (κ2) is 8.14. The molecule has 0 unspecified atom stereocenters. The first-order valence-corrected chi connectivity index (χ1v) is 10.0. The highest BCUT2D eigenvalue weighted by Crippen LogP contribution is 2.17. The summed E-state index contributed by atoms with van der Waals surface area (Å²) in [6.07, 6.45) is 2.06. The number of hydrogen-bond acceptors (Lipinski definition) is 6. The molecule has 8 nitrogen and oxygen atoms in total. The van der Waals surface area contributed by atoms with Gasteiger partial charge in [0.25, 0.3) is 5.56 Å². The van der Waals surface area contributed by atoms with Gasteiger partial charge in [-0.15, -0.1) is 10.2 Å². The molecule has 0 radical (unpaired) electrons. The topological polar surface area (TPSA) is 94.2 Å². The van der Waals surface area contributed by atoms with Gasteiger partial charge in [-0.05, 0) is 39.3 Å². The number of hydrogen-bond donors (Lipinski definition) is 1. The molecule has 0 aliphatic carbocycles. The van der Waals surface area contributed by atoms with Crippen molar-refractivity contribution in [2.75, 3.05) is 5.75 Å². The van der Waals surface area contributed by atoms with E-state index in [9.17, 15) is 9.59 Å². The van der Waals surface area contributed by atoms with Crippen molar-refractivity contribution < 1.29 is 4.79 Å². The predicted octanol–water partition coefficient (Wildman–Crippen LogP) is 1.65. The molecule has 0 aromatic carbocycles. The van der Waals surface area contributed by atoms with Gasteiger partial charge in [0, 0.05) is 37.0 Å². The van der Waals surface area contributed by atoms with Crippen LogP contribution >= 0.6 is 11.8 Å². The van der Waals surface area contributed by atoms with E-state index in [2.05, 4.69) is 20.5 Å². The fourth-order valence-electron chi connectivity index (χ4n) is 2.92. The molecule has 3 rings (SSSR count). The van der Waals surface area contributed by atoms with Gasteiger partial charge >= 0.3 is 0 Å². The lowest BCUT2D eigenvalue weighted by Gasteiger charge is -2.10. The van der Waals surface area contributed by atoms with Crippen LogP contribution in [0.1, 0.15) is 36.5 Å². The molecule has 0 aliphatic rings. The molecular weight excluding hydrogens is 376 g/mol. The number of carbonyl (C=O) groups is 1.